The van der Waals surface area contributed by atoms with Crippen LogP contribution in [-0.4, -0.2) is 33.8 Å². The van der Waals surface area contributed by atoms with Crippen LogP contribution >= 0.6 is 0 Å². The second kappa shape index (κ2) is 7.30. The number of anilines is 1. The number of rotatable bonds is 4. The van der Waals surface area contributed by atoms with Gasteiger partial charge < -0.3 is 14.8 Å². The van der Waals surface area contributed by atoms with Crippen LogP contribution in [0.3, 0.4) is 0 Å². The van der Waals surface area contributed by atoms with Crippen molar-refractivity contribution in [2.75, 3.05) is 19.5 Å². The normalized spacial score (nSPS) is 10.8. The lowest BCUT2D eigenvalue weighted by atomic mass is 10.1. The van der Waals surface area contributed by atoms with Gasteiger partial charge >= 0.3 is 5.69 Å². The number of hydrogen-bond acceptors (Lipinski definition) is 6. The van der Waals surface area contributed by atoms with Gasteiger partial charge in [0.1, 0.15) is 17.1 Å². The van der Waals surface area contributed by atoms with E-state index in [4.69, 9.17) is 9.47 Å². The average molecular weight is 400 g/mol. The molecule has 0 bridgehead atoms. The zero-order chi connectivity index (χ0) is 21.5. The maximum absolute atomic E-state index is 13.0. The minimum absolute atomic E-state index is 0.0379. The van der Waals surface area contributed by atoms with Gasteiger partial charge in [-0.25, -0.2) is 4.79 Å². The number of pyridine rings is 1. The van der Waals surface area contributed by atoms with Crippen molar-refractivity contribution in [1.29, 1.82) is 0 Å². The molecule has 1 N–H and O–H groups in total. The lowest BCUT2D eigenvalue weighted by Crippen LogP contribution is -2.40. The number of nitrogens with zero attached hydrogens (tertiary/aromatic N) is 3. The Labute approximate surface area is 164 Å². The number of aryl methyl sites for hydroxylation is 2. The van der Waals surface area contributed by atoms with Crippen molar-refractivity contribution >= 4 is 22.6 Å². The van der Waals surface area contributed by atoms with Gasteiger partial charge in [-0.1, -0.05) is 0 Å². The smallest absolute Gasteiger partial charge is 0.332 e. The predicted molar refractivity (Wildman–Crippen MR) is 107 cm³/mol. The van der Waals surface area contributed by atoms with Crippen molar-refractivity contribution in [3.05, 3.63) is 61.0 Å². The summed E-state index contributed by atoms with van der Waals surface area (Å²) >= 11 is 0. The minimum atomic E-state index is -0.682. The van der Waals surface area contributed by atoms with Gasteiger partial charge in [0.15, 0.2) is 0 Å². The second-order valence-electron chi connectivity index (χ2n) is 6.42. The Morgan fingerprint density at radius 2 is 1.45 bits per heavy atom. The summed E-state index contributed by atoms with van der Waals surface area (Å²) in [7, 11) is 7.11. The molecule has 0 fully saturated rings. The fourth-order valence-corrected chi connectivity index (χ4v) is 3.12. The monoisotopic (exact) mass is 400 g/mol. The average Bonchev–Trinajstić information content (AvgIpc) is 2.71. The van der Waals surface area contributed by atoms with Crippen molar-refractivity contribution in [1.82, 2.24) is 13.7 Å². The van der Waals surface area contributed by atoms with Crippen molar-refractivity contribution < 1.29 is 14.3 Å². The van der Waals surface area contributed by atoms with E-state index in [2.05, 4.69) is 5.32 Å². The Balaban J connectivity index is 2.24. The molecule has 0 atom stereocenters. The largest absolute Gasteiger partial charge is 0.497 e. The molecular weight excluding hydrogens is 380 g/mol. The molecule has 0 aliphatic heterocycles. The van der Waals surface area contributed by atoms with Crippen LogP contribution < -0.4 is 31.6 Å². The number of nitrogens with one attached hydrogen (secondary N) is 1. The Bertz CT molecular complexity index is 1290. The third-order valence-corrected chi connectivity index (χ3v) is 4.67. The van der Waals surface area contributed by atoms with Crippen LogP contribution in [0.5, 0.6) is 11.5 Å². The quantitative estimate of drug-likeness (QED) is 0.670. The molecule has 10 heteroatoms. The van der Waals surface area contributed by atoms with Crippen molar-refractivity contribution in [3.8, 4) is 11.5 Å². The molecule has 2 aromatic heterocycles. The Morgan fingerprint density at radius 1 is 0.862 bits per heavy atom. The predicted octanol–water partition coefficient (Wildman–Crippen LogP) is 0.205. The third-order valence-electron chi connectivity index (χ3n) is 4.67. The molecular formula is C19H20N4O6. The number of aromatic nitrogens is 3. The van der Waals surface area contributed by atoms with Crippen LogP contribution in [0.1, 0.15) is 10.4 Å². The van der Waals surface area contributed by atoms with E-state index in [0.717, 1.165) is 19.8 Å². The number of methoxy groups -OCH3 is 2. The van der Waals surface area contributed by atoms with Gasteiger partial charge in [0.05, 0.1) is 25.2 Å². The van der Waals surface area contributed by atoms with Crippen LogP contribution in [-0.2, 0) is 21.1 Å². The van der Waals surface area contributed by atoms with Crippen LogP contribution in [0.15, 0.2) is 38.6 Å². The van der Waals surface area contributed by atoms with Gasteiger partial charge in [-0.15, -0.1) is 0 Å². The van der Waals surface area contributed by atoms with Crippen LogP contribution in [0.25, 0.3) is 11.0 Å². The van der Waals surface area contributed by atoms with Gasteiger partial charge in [-0.05, 0) is 0 Å². The molecule has 2 heterocycles. The molecule has 152 valence electrons. The molecule has 0 unspecified atom stereocenters. The number of hydrogen-bond donors (Lipinski definition) is 1. The number of fused-ring (bicyclic) bond motifs is 1. The second-order valence-corrected chi connectivity index (χ2v) is 6.42. The van der Waals surface area contributed by atoms with Crippen molar-refractivity contribution in [2.45, 2.75) is 0 Å². The molecule has 29 heavy (non-hydrogen) atoms. The molecule has 0 saturated carbocycles. The van der Waals surface area contributed by atoms with Gasteiger partial charge in [-0.2, -0.15) is 0 Å². The SMILES string of the molecule is COc1cc(NC(=O)c2cc(=O)n(C)c3c2c(=O)n(C)c(=O)n3C)cc(OC)c1. The number of carbonyl (C=O) groups is 1. The molecule has 0 saturated heterocycles. The first kappa shape index (κ1) is 19.9. The summed E-state index contributed by atoms with van der Waals surface area (Å²) in [6.07, 6.45) is 0. The number of benzene rings is 1. The fraction of sp³-hybridized carbons (Fsp3) is 0.263. The third kappa shape index (κ3) is 3.28. The zero-order valence-corrected chi connectivity index (χ0v) is 16.6. The summed E-state index contributed by atoms with van der Waals surface area (Å²) in [5, 5.41) is 2.61. The summed E-state index contributed by atoms with van der Waals surface area (Å²) in [5.74, 6) is 0.220. The number of amides is 1. The van der Waals surface area contributed by atoms with E-state index in [0.29, 0.717) is 17.2 Å². The Morgan fingerprint density at radius 3 is 2.00 bits per heavy atom. The summed E-state index contributed by atoms with van der Waals surface area (Å²) in [6, 6.07) is 5.84. The topological polar surface area (TPSA) is 114 Å². The molecule has 0 radical (unpaired) electrons. The molecule has 0 spiro atoms. The summed E-state index contributed by atoms with van der Waals surface area (Å²) < 4.78 is 13.6. The summed E-state index contributed by atoms with van der Waals surface area (Å²) in [6.45, 7) is 0. The maximum atomic E-state index is 13.0. The maximum Gasteiger partial charge on any atom is 0.332 e. The number of ether oxygens (including phenoxy) is 2. The van der Waals surface area contributed by atoms with Gasteiger partial charge in [0.25, 0.3) is 17.0 Å². The minimum Gasteiger partial charge on any atom is -0.497 e. The fourth-order valence-electron chi connectivity index (χ4n) is 3.12. The van der Waals surface area contributed by atoms with Crippen molar-refractivity contribution in [2.24, 2.45) is 21.1 Å². The first-order valence-corrected chi connectivity index (χ1v) is 8.53. The van der Waals surface area contributed by atoms with E-state index in [9.17, 15) is 19.2 Å². The Hall–Kier alpha value is -3.82. The zero-order valence-electron chi connectivity index (χ0n) is 16.6. The van der Waals surface area contributed by atoms with Gasteiger partial charge in [0.2, 0.25) is 0 Å². The highest BCUT2D eigenvalue weighted by Gasteiger charge is 2.21. The standard InChI is InChI=1S/C19H20N4O6/c1-21-14(24)9-13(15-17(21)22(2)19(27)23(3)18(15)26)16(25)20-10-6-11(28-4)8-12(7-10)29-5/h6-9H,1-5H3,(H,20,25). The molecule has 10 nitrogen and oxygen atoms in total. The van der Waals surface area contributed by atoms with E-state index < -0.39 is 22.7 Å². The van der Waals surface area contributed by atoms with Crippen LogP contribution in [0, 0.1) is 0 Å². The molecule has 0 aliphatic rings. The van der Waals surface area contributed by atoms with Crippen molar-refractivity contribution in [3.63, 3.8) is 0 Å². The highest BCUT2D eigenvalue weighted by molar-refractivity contribution is 6.11. The summed E-state index contributed by atoms with van der Waals surface area (Å²) in [5.41, 5.74) is -1.55. The van der Waals surface area contributed by atoms with E-state index in [1.54, 1.807) is 18.2 Å². The van der Waals surface area contributed by atoms with Gasteiger partial charge in [-0.3, -0.25) is 28.1 Å². The first-order chi connectivity index (χ1) is 13.7. The van der Waals surface area contributed by atoms with Gasteiger partial charge in [0, 0.05) is 51.1 Å². The van der Waals surface area contributed by atoms with E-state index in [1.807, 2.05) is 0 Å². The number of carbonyl (C=O) groups excluding carboxylic acids is 1. The first-order valence-electron chi connectivity index (χ1n) is 8.53. The molecule has 3 rings (SSSR count). The molecule has 0 aliphatic carbocycles. The van der Waals surface area contributed by atoms with E-state index in [1.165, 1.54) is 35.4 Å². The highest BCUT2D eigenvalue weighted by atomic mass is 16.5. The molecule has 1 amide bonds. The lowest BCUT2D eigenvalue weighted by Gasteiger charge is -2.14. The van der Waals surface area contributed by atoms with E-state index >= 15 is 0 Å². The highest BCUT2D eigenvalue weighted by Crippen LogP contribution is 2.26. The Kier molecular flexibility index (Phi) is 5.02. The van der Waals surface area contributed by atoms with Crippen LogP contribution in [0.4, 0.5) is 5.69 Å². The lowest BCUT2D eigenvalue weighted by molar-refractivity contribution is 0.102. The van der Waals surface area contributed by atoms with E-state index in [-0.39, 0.29) is 16.6 Å². The molecule has 3 aromatic rings. The summed E-state index contributed by atoms with van der Waals surface area (Å²) in [4.78, 5) is 50.4. The van der Waals surface area contributed by atoms with Crippen LogP contribution in [0.2, 0.25) is 0 Å². The molecule has 1 aromatic carbocycles.